The monoisotopic (exact) mass is 565 g/mol. The number of benzene rings is 1. The van der Waals surface area contributed by atoms with E-state index in [4.69, 9.17) is 28.9 Å². The summed E-state index contributed by atoms with van der Waals surface area (Å²) in [6, 6.07) is 18.0. The first kappa shape index (κ1) is 26.1. The van der Waals surface area contributed by atoms with Gasteiger partial charge in [-0.25, -0.2) is 9.97 Å². The summed E-state index contributed by atoms with van der Waals surface area (Å²) in [4.78, 5) is 16.8. The van der Waals surface area contributed by atoms with Crippen molar-refractivity contribution in [2.24, 2.45) is 0 Å². The van der Waals surface area contributed by atoms with E-state index in [1.54, 1.807) is 28.4 Å². The number of nitrogens with one attached hydrogen (secondary N) is 2. The largest absolute Gasteiger partial charge is 0.494 e. The molecule has 39 heavy (non-hydrogen) atoms. The molecule has 2 aliphatic rings. The molecule has 1 radical (unpaired) electrons. The van der Waals surface area contributed by atoms with Crippen LogP contribution in [-0.2, 0) is 21.5 Å². The predicted molar refractivity (Wildman–Crippen MR) is 150 cm³/mol. The molecule has 4 aromatic rings. The molecule has 0 saturated carbocycles. The number of fused-ring (bicyclic) bond motifs is 8. The third-order valence-electron chi connectivity index (χ3n) is 6.58. The summed E-state index contributed by atoms with van der Waals surface area (Å²) in [6.45, 7) is 0. The third-order valence-corrected chi connectivity index (χ3v) is 6.58. The Bertz CT molecular complexity index is 1770. The van der Waals surface area contributed by atoms with Crippen LogP contribution in [0.3, 0.4) is 0 Å². The van der Waals surface area contributed by atoms with Crippen molar-refractivity contribution >= 4 is 46.1 Å². The average molecular weight is 565 g/mol. The van der Waals surface area contributed by atoms with Gasteiger partial charge in [-0.2, -0.15) is 0 Å². The Kier molecular flexibility index (Phi) is 7.19. The van der Waals surface area contributed by atoms with E-state index >= 15 is 0 Å². The molecule has 0 aliphatic carbocycles. The molecule has 5 heterocycles. The zero-order valence-electron chi connectivity index (χ0n) is 21.8. The van der Waals surface area contributed by atoms with Crippen LogP contribution in [-0.4, -0.2) is 48.4 Å². The van der Waals surface area contributed by atoms with Gasteiger partial charge in [-0.3, -0.25) is 0 Å². The summed E-state index contributed by atoms with van der Waals surface area (Å²) in [5.41, 5.74) is 7.73. The molecular weight excluding hydrogens is 539 g/mol. The van der Waals surface area contributed by atoms with Crippen molar-refractivity contribution in [2.45, 2.75) is 0 Å². The average Bonchev–Trinajstić information content (AvgIpc) is 3.75. The maximum absolute atomic E-state index is 5.85. The van der Waals surface area contributed by atoms with Crippen LogP contribution < -0.4 is 14.2 Å². The van der Waals surface area contributed by atoms with E-state index < -0.39 is 0 Å². The number of aromatic nitrogens is 4. The summed E-state index contributed by atoms with van der Waals surface area (Å²) in [5, 5.41) is 0. The Morgan fingerprint density at radius 2 is 1.13 bits per heavy atom. The second kappa shape index (κ2) is 10.7. The van der Waals surface area contributed by atoms with Crippen LogP contribution in [0.25, 0.3) is 57.2 Å². The SMILES string of the molecule is COC1=Cc2nc1c(OC)c1nc(c(OC)c3ccc([nH]3)c(OC)c3ccc([nH]3)c2-c2ccccc2)C=C1.[Co]. The summed E-state index contributed by atoms with van der Waals surface area (Å²) in [7, 11) is 6.50. The van der Waals surface area contributed by atoms with Crippen LogP contribution in [0.4, 0.5) is 0 Å². The maximum Gasteiger partial charge on any atom is 0.173 e. The Balaban J connectivity index is 0.00000308. The fourth-order valence-electron chi connectivity index (χ4n) is 4.88. The zero-order chi connectivity index (χ0) is 26.2. The second-order valence-electron chi connectivity index (χ2n) is 8.69. The first-order chi connectivity index (χ1) is 18.6. The van der Waals surface area contributed by atoms with Crippen molar-refractivity contribution < 1.29 is 35.7 Å². The molecule has 0 fully saturated rings. The van der Waals surface area contributed by atoms with Gasteiger partial charge in [0, 0.05) is 33.9 Å². The van der Waals surface area contributed by atoms with Crippen LogP contribution >= 0.6 is 0 Å². The molecule has 0 spiro atoms. The van der Waals surface area contributed by atoms with Crippen LogP contribution in [0.15, 0.2) is 54.6 Å². The van der Waals surface area contributed by atoms with E-state index in [-0.39, 0.29) is 16.8 Å². The second-order valence-corrected chi connectivity index (χ2v) is 8.69. The molecule has 199 valence electrons. The van der Waals surface area contributed by atoms with Gasteiger partial charge in [-0.1, -0.05) is 30.3 Å². The number of nitrogens with zero attached hydrogens (tertiary/aromatic N) is 2. The van der Waals surface area contributed by atoms with Gasteiger partial charge in [0.1, 0.15) is 17.1 Å². The van der Waals surface area contributed by atoms with E-state index in [0.717, 1.165) is 38.9 Å². The number of methoxy groups -OCH3 is 4. The van der Waals surface area contributed by atoms with Gasteiger partial charge >= 0.3 is 0 Å². The van der Waals surface area contributed by atoms with Gasteiger partial charge < -0.3 is 28.9 Å². The molecule has 3 aromatic heterocycles. The van der Waals surface area contributed by atoms with Crippen LogP contribution in [0, 0.1) is 0 Å². The van der Waals surface area contributed by atoms with Crippen molar-refractivity contribution in [3.8, 4) is 28.4 Å². The third kappa shape index (κ3) is 4.45. The molecule has 8 bridgehead atoms. The minimum Gasteiger partial charge on any atom is -0.494 e. The first-order valence-corrected chi connectivity index (χ1v) is 12.1. The smallest absolute Gasteiger partial charge is 0.173 e. The number of hydrogen-bond donors (Lipinski definition) is 2. The summed E-state index contributed by atoms with van der Waals surface area (Å²) in [5.74, 6) is 2.34. The van der Waals surface area contributed by atoms with Gasteiger partial charge in [-0.15, -0.1) is 0 Å². The first-order valence-electron chi connectivity index (χ1n) is 12.1. The minimum absolute atomic E-state index is 0. The van der Waals surface area contributed by atoms with E-state index in [1.807, 2.05) is 60.7 Å². The summed E-state index contributed by atoms with van der Waals surface area (Å²) < 4.78 is 23.2. The Labute approximate surface area is 235 Å². The van der Waals surface area contributed by atoms with Gasteiger partial charge in [0.15, 0.2) is 23.0 Å². The van der Waals surface area contributed by atoms with Crippen molar-refractivity contribution in [2.75, 3.05) is 28.4 Å². The number of rotatable bonds is 5. The van der Waals surface area contributed by atoms with Gasteiger partial charge in [-0.05, 0) is 42.0 Å². The Hall–Kier alpha value is -4.47. The van der Waals surface area contributed by atoms with Crippen LogP contribution in [0.2, 0.25) is 0 Å². The fourth-order valence-corrected chi connectivity index (χ4v) is 4.88. The topological polar surface area (TPSA) is 94.3 Å². The van der Waals surface area contributed by atoms with Gasteiger partial charge in [0.2, 0.25) is 0 Å². The molecule has 0 unspecified atom stereocenters. The van der Waals surface area contributed by atoms with Crippen molar-refractivity contribution in [3.63, 3.8) is 0 Å². The molecule has 2 N–H and O–H groups in total. The molecule has 0 saturated heterocycles. The Morgan fingerprint density at radius 1 is 0.564 bits per heavy atom. The molecule has 8 nitrogen and oxygen atoms in total. The van der Waals surface area contributed by atoms with Crippen molar-refractivity contribution in [1.82, 2.24) is 19.9 Å². The number of ether oxygens (including phenoxy) is 4. The molecule has 9 heteroatoms. The normalized spacial score (nSPS) is 11.9. The quantitative estimate of drug-likeness (QED) is 0.259. The molecule has 0 atom stereocenters. The number of H-pyrrole nitrogens is 2. The summed E-state index contributed by atoms with van der Waals surface area (Å²) >= 11 is 0. The van der Waals surface area contributed by atoms with Crippen LogP contribution in [0.1, 0.15) is 22.8 Å². The number of hydrogen-bond acceptors (Lipinski definition) is 6. The molecule has 6 rings (SSSR count). The number of aromatic amines is 2. The maximum atomic E-state index is 5.85. The van der Waals surface area contributed by atoms with Crippen molar-refractivity contribution in [3.05, 3.63) is 77.4 Å². The molecular formula is C30H26CoN4O4. The van der Waals surface area contributed by atoms with E-state index in [0.29, 0.717) is 40.1 Å². The Morgan fingerprint density at radius 3 is 1.74 bits per heavy atom. The zero-order valence-corrected chi connectivity index (χ0v) is 22.8. The molecule has 0 amide bonds. The fraction of sp³-hybridized carbons (Fsp3) is 0.133. The predicted octanol–water partition coefficient (Wildman–Crippen LogP) is 6.32. The molecule has 2 aliphatic heterocycles. The standard InChI is InChI=1S/C30H26N4O4.Co/c1-35-25-16-24-26(17-8-6-5-7-9-17)18-10-11-19(31-18)28(36-2)20-12-13-21(32-20)29(37-3)22-14-15-23(33-22)30(38-4)27(25)34-24;/h5-16,31-32H,1-4H3;. The minimum atomic E-state index is 0. The van der Waals surface area contributed by atoms with Gasteiger partial charge in [0.25, 0.3) is 0 Å². The van der Waals surface area contributed by atoms with Crippen molar-refractivity contribution in [1.29, 1.82) is 0 Å². The summed E-state index contributed by atoms with van der Waals surface area (Å²) in [6.07, 6.45) is 5.69. The van der Waals surface area contributed by atoms with Gasteiger partial charge in [0.05, 0.1) is 50.7 Å². The van der Waals surface area contributed by atoms with E-state index in [2.05, 4.69) is 22.1 Å². The van der Waals surface area contributed by atoms with Crippen LogP contribution in [0.5, 0.6) is 17.2 Å². The van der Waals surface area contributed by atoms with E-state index in [1.165, 1.54) is 0 Å². The van der Waals surface area contributed by atoms with E-state index in [9.17, 15) is 0 Å². The molecule has 1 aromatic carbocycles.